The van der Waals surface area contributed by atoms with Gasteiger partial charge in [-0.25, -0.2) is 0 Å². The SMILES string of the molecule is O[C@@H](COc1ccc2ccccc2c1)CN1CCC(O)(c2cncc3ccccc23)CC1. The van der Waals surface area contributed by atoms with Crippen molar-refractivity contribution in [2.45, 2.75) is 24.5 Å². The zero-order valence-electron chi connectivity index (χ0n) is 18.0. The average molecular weight is 429 g/mol. The van der Waals surface area contributed by atoms with Gasteiger partial charge in [-0.15, -0.1) is 0 Å². The molecule has 5 heteroatoms. The normalized spacial score (nSPS) is 17.4. The van der Waals surface area contributed by atoms with Crippen molar-refractivity contribution in [1.82, 2.24) is 9.88 Å². The molecule has 0 amide bonds. The summed E-state index contributed by atoms with van der Waals surface area (Å²) in [6, 6.07) is 22.2. The molecule has 1 aromatic heterocycles. The fourth-order valence-electron chi connectivity index (χ4n) is 4.66. The summed E-state index contributed by atoms with van der Waals surface area (Å²) in [5, 5.41) is 26.3. The quantitative estimate of drug-likeness (QED) is 0.484. The van der Waals surface area contributed by atoms with Crippen LogP contribution >= 0.6 is 0 Å². The molecule has 2 heterocycles. The molecular formula is C27H28N2O3. The van der Waals surface area contributed by atoms with E-state index in [1.807, 2.05) is 60.8 Å². The molecule has 0 spiro atoms. The van der Waals surface area contributed by atoms with Gasteiger partial charge in [-0.2, -0.15) is 0 Å². The number of fused-ring (bicyclic) bond motifs is 2. The van der Waals surface area contributed by atoms with Crippen molar-refractivity contribution in [3.05, 3.63) is 84.7 Å². The van der Waals surface area contributed by atoms with Crippen LogP contribution in [0.15, 0.2) is 79.1 Å². The van der Waals surface area contributed by atoms with Crippen molar-refractivity contribution in [2.75, 3.05) is 26.2 Å². The minimum absolute atomic E-state index is 0.242. The van der Waals surface area contributed by atoms with Gasteiger partial charge < -0.3 is 19.8 Å². The van der Waals surface area contributed by atoms with E-state index < -0.39 is 11.7 Å². The summed E-state index contributed by atoms with van der Waals surface area (Å²) in [5.41, 5.74) is 0.00660. The number of likely N-dealkylation sites (tertiary alicyclic amines) is 1. The average Bonchev–Trinajstić information content (AvgIpc) is 2.84. The van der Waals surface area contributed by atoms with Crippen LogP contribution in [0.4, 0.5) is 0 Å². The van der Waals surface area contributed by atoms with Gasteiger partial charge >= 0.3 is 0 Å². The van der Waals surface area contributed by atoms with Crippen LogP contribution < -0.4 is 4.74 Å². The molecule has 0 unspecified atom stereocenters. The van der Waals surface area contributed by atoms with E-state index in [0.29, 0.717) is 32.5 Å². The highest BCUT2D eigenvalue weighted by molar-refractivity contribution is 5.85. The highest BCUT2D eigenvalue weighted by Crippen LogP contribution is 2.36. The second-order valence-corrected chi connectivity index (χ2v) is 8.71. The molecule has 164 valence electrons. The Morgan fingerprint density at radius 3 is 2.44 bits per heavy atom. The topological polar surface area (TPSA) is 65.8 Å². The van der Waals surface area contributed by atoms with Gasteiger partial charge in [0.1, 0.15) is 18.5 Å². The lowest BCUT2D eigenvalue weighted by Crippen LogP contribution is -2.46. The summed E-state index contributed by atoms with van der Waals surface area (Å²) < 4.78 is 5.84. The maximum absolute atomic E-state index is 11.4. The van der Waals surface area contributed by atoms with Crippen molar-refractivity contribution in [3.8, 4) is 5.75 Å². The number of hydrogen-bond acceptors (Lipinski definition) is 5. The Labute approximate surface area is 187 Å². The molecule has 4 aromatic rings. The van der Waals surface area contributed by atoms with Crippen molar-refractivity contribution in [2.24, 2.45) is 0 Å². The van der Waals surface area contributed by atoms with Crippen LogP contribution in [0, 0.1) is 0 Å². The Hall–Kier alpha value is -2.99. The number of rotatable bonds is 6. The number of nitrogens with zero attached hydrogens (tertiary/aromatic N) is 2. The van der Waals surface area contributed by atoms with E-state index in [0.717, 1.165) is 27.5 Å². The van der Waals surface area contributed by atoms with Crippen molar-refractivity contribution >= 4 is 21.5 Å². The number of β-amino-alcohol motifs (C(OH)–C–C–N with tert-alkyl or cyclic N) is 1. The summed E-state index contributed by atoms with van der Waals surface area (Å²) in [6.45, 7) is 2.20. The van der Waals surface area contributed by atoms with Gasteiger partial charge in [0, 0.05) is 43.0 Å². The van der Waals surface area contributed by atoms with Crippen LogP contribution in [0.2, 0.25) is 0 Å². The number of benzene rings is 3. The lowest BCUT2D eigenvalue weighted by molar-refractivity contribution is -0.0364. The van der Waals surface area contributed by atoms with E-state index in [2.05, 4.69) is 22.0 Å². The minimum atomic E-state index is -0.892. The lowest BCUT2D eigenvalue weighted by Gasteiger charge is -2.39. The molecule has 1 atom stereocenters. The van der Waals surface area contributed by atoms with Gasteiger partial charge in [-0.3, -0.25) is 4.98 Å². The molecule has 0 saturated carbocycles. The number of piperidine rings is 1. The zero-order chi connectivity index (χ0) is 22.0. The van der Waals surface area contributed by atoms with E-state index in [9.17, 15) is 10.2 Å². The number of hydrogen-bond donors (Lipinski definition) is 2. The van der Waals surface area contributed by atoms with Crippen LogP contribution in [0.5, 0.6) is 5.75 Å². The summed E-state index contributed by atoms with van der Waals surface area (Å²) in [7, 11) is 0. The van der Waals surface area contributed by atoms with Crippen LogP contribution in [-0.2, 0) is 5.60 Å². The summed E-state index contributed by atoms with van der Waals surface area (Å²) in [5.74, 6) is 0.763. The molecule has 0 aliphatic carbocycles. The van der Waals surface area contributed by atoms with Crippen molar-refractivity contribution in [3.63, 3.8) is 0 Å². The Balaban J connectivity index is 1.17. The first kappa shape index (κ1) is 20.9. The fourth-order valence-corrected chi connectivity index (χ4v) is 4.66. The highest BCUT2D eigenvalue weighted by atomic mass is 16.5. The first-order chi connectivity index (χ1) is 15.6. The molecule has 0 bridgehead atoms. The van der Waals surface area contributed by atoms with E-state index in [4.69, 9.17) is 4.74 Å². The van der Waals surface area contributed by atoms with Crippen LogP contribution in [0.1, 0.15) is 18.4 Å². The molecule has 2 N–H and O–H groups in total. The van der Waals surface area contributed by atoms with Crippen LogP contribution in [0.3, 0.4) is 0 Å². The van der Waals surface area contributed by atoms with E-state index in [1.54, 1.807) is 6.20 Å². The Bertz CT molecular complexity index is 1210. The number of pyridine rings is 1. The summed E-state index contributed by atoms with van der Waals surface area (Å²) >= 11 is 0. The third-order valence-electron chi connectivity index (χ3n) is 6.49. The molecule has 5 nitrogen and oxygen atoms in total. The van der Waals surface area contributed by atoms with E-state index in [1.165, 1.54) is 5.39 Å². The zero-order valence-corrected chi connectivity index (χ0v) is 18.0. The number of aromatic nitrogens is 1. The number of aliphatic hydroxyl groups excluding tert-OH is 1. The maximum Gasteiger partial charge on any atom is 0.120 e. The van der Waals surface area contributed by atoms with Gasteiger partial charge in [0.25, 0.3) is 0 Å². The monoisotopic (exact) mass is 428 g/mol. The molecule has 1 aliphatic heterocycles. The van der Waals surface area contributed by atoms with Crippen LogP contribution in [0.25, 0.3) is 21.5 Å². The van der Waals surface area contributed by atoms with Crippen molar-refractivity contribution < 1.29 is 14.9 Å². The molecule has 1 aliphatic rings. The fraction of sp³-hybridized carbons (Fsp3) is 0.296. The first-order valence-corrected chi connectivity index (χ1v) is 11.2. The Morgan fingerprint density at radius 1 is 0.906 bits per heavy atom. The molecule has 3 aromatic carbocycles. The van der Waals surface area contributed by atoms with Gasteiger partial charge in [-0.05, 0) is 41.1 Å². The summed E-state index contributed by atoms with van der Waals surface area (Å²) in [6.07, 6.45) is 4.27. The molecule has 5 rings (SSSR count). The number of aliphatic hydroxyl groups is 2. The predicted octanol–water partition coefficient (Wildman–Crippen LogP) is 4.11. The predicted molar refractivity (Wildman–Crippen MR) is 127 cm³/mol. The largest absolute Gasteiger partial charge is 0.491 e. The minimum Gasteiger partial charge on any atom is -0.491 e. The van der Waals surface area contributed by atoms with Gasteiger partial charge in [0.05, 0.1) is 5.60 Å². The summed E-state index contributed by atoms with van der Waals surface area (Å²) in [4.78, 5) is 6.54. The highest BCUT2D eigenvalue weighted by Gasteiger charge is 2.35. The lowest BCUT2D eigenvalue weighted by atomic mass is 9.83. The van der Waals surface area contributed by atoms with Gasteiger partial charge in [-0.1, -0.05) is 54.6 Å². The van der Waals surface area contributed by atoms with Gasteiger partial charge in [0.15, 0.2) is 0 Å². The van der Waals surface area contributed by atoms with Crippen molar-refractivity contribution in [1.29, 1.82) is 0 Å². The van der Waals surface area contributed by atoms with E-state index >= 15 is 0 Å². The maximum atomic E-state index is 11.4. The second-order valence-electron chi connectivity index (χ2n) is 8.71. The standard InChI is InChI=1S/C27H28N2O3/c30-23(19-32-24-10-9-20-5-1-2-6-21(20)15-24)18-29-13-11-27(31,12-14-29)26-17-28-16-22-7-3-4-8-25(22)26/h1-10,15-17,23,30-31H,11-14,18-19H2/t23-/m1/s1. The second kappa shape index (κ2) is 8.87. The first-order valence-electron chi connectivity index (χ1n) is 11.2. The molecular weight excluding hydrogens is 400 g/mol. The van der Waals surface area contributed by atoms with Gasteiger partial charge in [0.2, 0.25) is 0 Å². The smallest absolute Gasteiger partial charge is 0.120 e. The van der Waals surface area contributed by atoms with Crippen LogP contribution in [-0.4, -0.2) is 52.4 Å². The molecule has 32 heavy (non-hydrogen) atoms. The van der Waals surface area contributed by atoms with E-state index in [-0.39, 0.29) is 6.61 Å². The molecule has 1 fully saturated rings. The Kier molecular flexibility index (Phi) is 5.79. The third-order valence-corrected chi connectivity index (χ3v) is 6.49. The molecule has 1 saturated heterocycles. The molecule has 0 radical (unpaired) electrons. The Morgan fingerprint density at radius 2 is 1.62 bits per heavy atom. The number of ether oxygens (including phenoxy) is 1. The third kappa shape index (κ3) is 4.32.